The van der Waals surface area contributed by atoms with Gasteiger partial charge < -0.3 is 14.4 Å². The number of benzene rings is 1. The summed E-state index contributed by atoms with van der Waals surface area (Å²) in [5.41, 5.74) is 3.89. The molecule has 0 saturated carbocycles. The van der Waals surface area contributed by atoms with Gasteiger partial charge in [0, 0.05) is 19.0 Å². The lowest BCUT2D eigenvalue weighted by Crippen LogP contribution is -2.27. The Bertz CT molecular complexity index is 643. The molecule has 3 rings (SSSR count). The normalized spacial score (nSPS) is 23.4. The molecule has 0 radical (unpaired) electrons. The fourth-order valence-electron chi connectivity index (χ4n) is 3.13. The fraction of sp³-hybridized carbons (Fsp3) is 0.368. The molecular weight excluding hydrogens is 274 g/mol. The number of allylic oxidation sites excluding steroid dienone is 3. The average molecular weight is 297 g/mol. The highest BCUT2D eigenvalue weighted by Crippen LogP contribution is 2.34. The van der Waals surface area contributed by atoms with E-state index in [-0.39, 0.29) is 0 Å². The van der Waals surface area contributed by atoms with Gasteiger partial charge in [-0.15, -0.1) is 0 Å². The van der Waals surface area contributed by atoms with E-state index < -0.39 is 0 Å². The third-order valence-corrected chi connectivity index (χ3v) is 4.41. The molecule has 1 unspecified atom stereocenters. The van der Waals surface area contributed by atoms with Crippen molar-refractivity contribution in [2.75, 3.05) is 34.4 Å². The monoisotopic (exact) mass is 297 g/mol. The molecule has 1 heterocycles. The Balaban J connectivity index is 2.10. The molecule has 0 amide bonds. The van der Waals surface area contributed by atoms with Crippen LogP contribution in [0.15, 0.2) is 42.0 Å². The van der Waals surface area contributed by atoms with Crippen LogP contribution in [0.1, 0.15) is 11.1 Å². The van der Waals surface area contributed by atoms with Gasteiger partial charge in [0.05, 0.1) is 14.2 Å². The zero-order valence-electron chi connectivity index (χ0n) is 13.5. The zero-order chi connectivity index (χ0) is 15.5. The molecule has 0 spiro atoms. The van der Waals surface area contributed by atoms with E-state index in [4.69, 9.17) is 9.47 Å². The standard InChI is InChI=1S/C19H23NO2/c1-20-9-8-15-11-18(21-2)19(22-3)12-17(15)10-14-6-4-5-7-16(14)13-20/h4-7,10-12,16H,8-9,13H2,1-3H3/b14-10+. The van der Waals surface area contributed by atoms with E-state index in [2.05, 4.69) is 54.5 Å². The lowest BCUT2D eigenvalue weighted by atomic mass is 9.91. The first kappa shape index (κ1) is 14.9. The van der Waals surface area contributed by atoms with Crippen molar-refractivity contribution in [1.82, 2.24) is 4.90 Å². The maximum Gasteiger partial charge on any atom is 0.161 e. The molecule has 0 fully saturated rings. The molecule has 0 N–H and O–H groups in total. The lowest BCUT2D eigenvalue weighted by molar-refractivity contribution is 0.319. The van der Waals surface area contributed by atoms with Crippen molar-refractivity contribution in [3.8, 4) is 11.5 Å². The van der Waals surface area contributed by atoms with E-state index >= 15 is 0 Å². The first-order valence-electron chi connectivity index (χ1n) is 7.71. The molecule has 0 saturated heterocycles. The van der Waals surface area contributed by atoms with E-state index in [1.165, 1.54) is 16.7 Å². The molecule has 1 aromatic rings. The Morgan fingerprint density at radius 2 is 1.86 bits per heavy atom. The predicted molar refractivity (Wildman–Crippen MR) is 90.5 cm³/mol. The maximum absolute atomic E-state index is 5.47. The van der Waals surface area contributed by atoms with Crippen LogP contribution in [0.4, 0.5) is 0 Å². The van der Waals surface area contributed by atoms with E-state index in [0.29, 0.717) is 5.92 Å². The summed E-state index contributed by atoms with van der Waals surface area (Å²) in [4.78, 5) is 2.40. The van der Waals surface area contributed by atoms with Crippen LogP contribution < -0.4 is 9.47 Å². The van der Waals surface area contributed by atoms with Gasteiger partial charge in [-0.05, 0) is 42.3 Å². The summed E-state index contributed by atoms with van der Waals surface area (Å²) in [6.07, 6.45) is 12.1. The summed E-state index contributed by atoms with van der Waals surface area (Å²) in [5.74, 6) is 2.05. The molecule has 3 nitrogen and oxygen atoms in total. The van der Waals surface area contributed by atoms with Gasteiger partial charge in [-0.2, -0.15) is 0 Å². The SMILES string of the molecule is COc1cc2c(cc1OC)CCN(C)CC1C=CC=C/C1=C\2. The van der Waals surface area contributed by atoms with Gasteiger partial charge in [-0.3, -0.25) is 0 Å². The van der Waals surface area contributed by atoms with Crippen molar-refractivity contribution < 1.29 is 9.47 Å². The van der Waals surface area contributed by atoms with Gasteiger partial charge in [-0.25, -0.2) is 0 Å². The highest BCUT2D eigenvalue weighted by Gasteiger charge is 2.18. The number of rotatable bonds is 2. The maximum atomic E-state index is 5.47. The van der Waals surface area contributed by atoms with Gasteiger partial charge in [-0.1, -0.05) is 30.4 Å². The van der Waals surface area contributed by atoms with Crippen molar-refractivity contribution in [3.05, 3.63) is 53.1 Å². The Kier molecular flexibility index (Phi) is 4.34. The fourth-order valence-corrected chi connectivity index (χ4v) is 3.13. The van der Waals surface area contributed by atoms with Crippen LogP contribution in [-0.4, -0.2) is 39.3 Å². The van der Waals surface area contributed by atoms with Gasteiger partial charge >= 0.3 is 0 Å². The minimum Gasteiger partial charge on any atom is -0.493 e. The number of hydrogen-bond acceptors (Lipinski definition) is 3. The molecule has 2 aliphatic rings. The minimum absolute atomic E-state index is 0.453. The van der Waals surface area contributed by atoms with E-state index in [0.717, 1.165) is 31.0 Å². The molecule has 116 valence electrons. The van der Waals surface area contributed by atoms with Crippen LogP contribution in [0.5, 0.6) is 11.5 Å². The summed E-state index contributed by atoms with van der Waals surface area (Å²) in [6.45, 7) is 2.09. The average Bonchev–Trinajstić information content (AvgIpc) is 2.60. The lowest BCUT2D eigenvalue weighted by Gasteiger charge is -2.23. The summed E-state index contributed by atoms with van der Waals surface area (Å²) in [7, 11) is 5.57. The summed E-state index contributed by atoms with van der Waals surface area (Å²) >= 11 is 0. The zero-order valence-corrected chi connectivity index (χ0v) is 13.5. The van der Waals surface area contributed by atoms with Gasteiger partial charge in [0.2, 0.25) is 0 Å². The highest BCUT2D eigenvalue weighted by molar-refractivity contribution is 5.65. The summed E-state index contributed by atoms with van der Waals surface area (Å²) in [5, 5.41) is 0. The van der Waals surface area contributed by atoms with Crippen molar-refractivity contribution in [1.29, 1.82) is 0 Å². The van der Waals surface area contributed by atoms with E-state index in [1.54, 1.807) is 14.2 Å². The number of hydrogen-bond donors (Lipinski definition) is 0. The van der Waals surface area contributed by atoms with Crippen LogP contribution in [-0.2, 0) is 6.42 Å². The van der Waals surface area contributed by atoms with Gasteiger partial charge in [0.1, 0.15) is 0 Å². The third kappa shape index (κ3) is 2.95. The molecule has 0 aromatic heterocycles. The number of nitrogens with zero attached hydrogens (tertiary/aromatic N) is 1. The Morgan fingerprint density at radius 3 is 2.64 bits per heavy atom. The van der Waals surface area contributed by atoms with Crippen molar-refractivity contribution >= 4 is 6.08 Å². The van der Waals surface area contributed by atoms with Crippen LogP contribution in [0, 0.1) is 5.92 Å². The first-order valence-corrected chi connectivity index (χ1v) is 7.71. The van der Waals surface area contributed by atoms with Crippen molar-refractivity contribution in [3.63, 3.8) is 0 Å². The molecule has 0 bridgehead atoms. The van der Waals surface area contributed by atoms with Crippen molar-refractivity contribution in [2.24, 2.45) is 5.92 Å². The minimum atomic E-state index is 0.453. The first-order chi connectivity index (χ1) is 10.7. The molecule has 1 atom stereocenters. The second-order valence-corrected chi connectivity index (χ2v) is 5.91. The van der Waals surface area contributed by atoms with Crippen LogP contribution in [0.3, 0.4) is 0 Å². The smallest absolute Gasteiger partial charge is 0.161 e. The van der Waals surface area contributed by atoms with Crippen molar-refractivity contribution in [2.45, 2.75) is 6.42 Å². The molecule has 1 aromatic carbocycles. The van der Waals surface area contributed by atoms with E-state index in [9.17, 15) is 0 Å². The molecular formula is C19H23NO2. The highest BCUT2D eigenvalue weighted by atomic mass is 16.5. The summed E-state index contributed by atoms with van der Waals surface area (Å²) < 4.78 is 10.9. The Labute approximate surface area is 132 Å². The number of fused-ring (bicyclic) bond motifs is 2. The molecule has 1 aliphatic carbocycles. The quantitative estimate of drug-likeness (QED) is 0.836. The van der Waals surface area contributed by atoms with E-state index in [1.807, 2.05) is 0 Å². The number of methoxy groups -OCH3 is 2. The molecule has 3 heteroatoms. The Hall–Kier alpha value is -2.00. The number of likely N-dealkylation sites (N-methyl/N-ethyl adjacent to an activating group) is 1. The van der Waals surface area contributed by atoms with Gasteiger partial charge in [0.15, 0.2) is 11.5 Å². The molecule has 1 aliphatic heterocycles. The Morgan fingerprint density at radius 1 is 1.09 bits per heavy atom. The van der Waals surface area contributed by atoms with Crippen LogP contribution in [0.25, 0.3) is 6.08 Å². The topological polar surface area (TPSA) is 21.7 Å². The van der Waals surface area contributed by atoms with Gasteiger partial charge in [0.25, 0.3) is 0 Å². The van der Waals surface area contributed by atoms with Crippen LogP contribution in [0.2, 0.25) is 0 Å². The number of ether oxygens (including phenoxy) is 2. The van der Waals surface area contributed by atoms with Crippen LogP contribution >= 0.6 is 0 Å². The predicted octanol–water partition coefficient (Wildman–Crippen LogP) is 3.32. The third-order valence-electron chi connectivity index (χ3n) is 4.41. The largest absolute Gasteiger partial charge is 0.493 e. The molecule has 22 heavy (non-hydrogen) atoms. The second kappa shape index (κ2) is 6.41. The second-order valence-electron chi connectivity index (χ2n) is 5.91. The summed E-state index contributed by atoms with van der Waals surface area (Å²) in [6, 6.07) is 4.21.